The van der Waals surface area contributed by atoms with Crippen molar-refractivity contribution in [3.8, 4) is 11.3 Å². The van der Waals surface area contributed by atoms with Crippen molar-refractivity contribution in [3.63, 3.8) is 0 Å². The maximum atomic E-state index is 4.84. The SMILES string of the molecule is Cc1ccccc1-c1cc2cc3ccccc3cc2c(C)n1. The van der Waals surface area contributed by atoms with Crippen LogP contribution in [0.3, 0.4) is 0 Å². The smallest absolute Gasteiger partial charge is 0.0714 e. The number of pyridine rings is 1. The van der Waals surface area contributed by atoms with Gasteiger partial charge in [-0.3, -0.25) is 4.98 Å². The van der Waals surface area contributed by atoms with E-state index in [1.165, 1.54) is 32.7 Å². The standard InChI is InChI=1S/C21H17N/c1-14-7-3-6-10-19(14)21-13-18-11-16-8-4-5-9-17(16)12-20(18)15(2)22-21/h3-13H,1-2H3. The van der Waals surface area contributed by atoms with Gasteiger partial charge in [0.1, 0.15) is 0 Å². The molecule has 0 aliphatic rings. The minimum atomic E-state index is 1.05. The summed E-state index contributed by atoms with van der Waals surface area (Å²) >= 11 is 0. The number of aryl methyl sites for hydroxylation is 2. The first kappa shape index (κ1) is 13.0. The highest BCUT2D eigenvalue weighted by Crippen LogP contribution is 2.29. The van der Waals surface area contributed by atoms with Crippen molar-refractivity contribution in [1.82, 2.24) is 4.98 Å². The van der Waals surface area contributed by atoms with Gasteiger partial charge >= 0.3 is 0 Å². The van der Waals surface area contributed by atoms with Gasteiger partial charge in [-0.2, -0.15) is 0 Å². The number of rotatable bonds is 1. The van der Waals surface area contributed by atoms with Crippen LogP contribution < -0.4 is 0 Å². The Kier molecular flexibility index (Phi) is 2.93. The van der Waals surface area contributed by atoms with Crippen LogP contribution in [-0.2, 0) is 0 Å². The molecule has 4 rings (SSSR count). The molecular formula is C21H17N. The molecule has 0 unspecified atom stereocenters. The van der Waals surface area contributed by atoms with E-state index in [0.29, 0.717) is 0 Å². The van der Waals surface area contributed by atoms with Crippen LogP contribution >= 0.6 is 0 Å². The number of hydrogen-bond acceptors (Lipinski definition) is 1. The second kappa shape index (κ2) is 4.96. The van der Waals surface area contributed by atoms with Crippen LogP contribution in [0.1, 0.15) is 11.3 Å². The number of aromatic nitrogens is 1. The first-order valence-electron chi connectivity index (χ1n) is 7.58. The van der Waals surface area contributed by atoms with Crippen molar-refractivity contribution >= 4 is 21.5 Å². The predicted octanol–water partition coefficient (Wildman–Crippen LogP) is 5.67. The van der Waals surface area contributed by atoms with Crippen LogP contribution in [0.15, 0.2) is 66.7 Å². The molecule has 1 heteroatoms. The molecule has 0 N–H and O–H groups in total. The highest BCUT2D eigenvalue weighted by molar-refractivity contribution is 6.00. The molecule has 3 aromatic carbocycles. The van der Waals surface area contributed by atoms with Crippen LogP contribution in [0.5, 0.6) is 0 Å². The summed E-state index contributed by atoms with van der Waals surface area (Å²) in [4.78, 5) is 4.84. The molecule has 0 fully saturated rings. The van der Waals surface area contributed by atoms with Gasteiger partial charge in [0, 0.05) is 16.6 Å². The summed E-state index contributed by atoms with van der Waals surface area (Å²) in [6, 6.07) is 23.6. The van der Waals surface area contributed by atoms with E-state index >= 15 is 0 Å². The second-order valence-corrected chi connectivity index (χ2v) is 5.83. The zero-order valence-corrected chi connectivity index (χ0v) is 12.8. The van der Waals surface area contributed by atoms with Gasteiger partial charge in [0.25, 0.3) is 0 Å². The van der Waals surface area contributed by atoms with Crippen LogP contribution in [-0.4, -0.2) is 4.98 Å². The summed E-state index contributed by atoms with van der Waals surface area (Å²) in [5.41, 5.74) is 4.61. The number of nitrogens with zero attached hydrogens (tertiary/aromatic N) is 1. The molecule has 0 aliphatic carbocycles. The van der Waals surface area contributed by atoms with Crippen LogP contribution in [0.4, 0.5) is 0 Å². The normalized spacial score (nSPS) is 11.2. The van der Waals surface area contributed by atoms with Crippen molar-refractivity contribution in [2.75, 3.05) is 0 Å². The molecule has 0 atom stereocenters. The number of hydrogen-bond donors (Lipinski definition) is 0. The van der Waals surface area contributed by atoms with E-state index in [1.807, 2.05) is 0 Å². The van der Waals surface area contributed by atoms with Gasteiger partial charge in [-0.25, -0.2) is 0 Å². The Bertz CT molecular complexity index is 999. The van der Waals surface area contributed by atoms with E-state index in [-0.39, 0.29) is 0 Å². The summed E-state index contributed by atoms with van der Waals surface area (Å²) in [5, 5.41) is 5.03. The van der Waals surface area contributed by atoms with Crippen LogP contribution in [0, 0.1) is 13.8 Å². The van der Waals surface area contributed by atoms with Gasteiger partial charge in [-0.15, -0.1) is 0 Å². The molecule has 1 nitrogen and oxygen atoms in total. The van der Waals surface area contributed by atoms with Gasteiger partial charge in [-0.05, 0) is 53.8 Å². The van der Waals surface area contributed by atoms with Crippen LogP contribution in [0.25, 0.3) is 32.8 Å². The Morgan fingerprint density at radius 1 is 0.682 bits per heavy atom. The Hall–Kier alpha value is -2.67. The van der Waals surface area contributed by atoms with Crippen molar-refractivity contribution in [3.05, 3.63) is 78.0 Å². The van der Waals surface area contributed by atoms with Gasteiger partial charge < -0.3 is 0 Å². The fraction of sp³-hybridized carbons (Fsp3) is 0.0952. The highest BCUT2D eigenvalue weighted by atomic mass is 14.7. The lowest BCUT2D eigenvalue weighted by atomic mass is 9.99. The zero-order valence-electron chi connectivity index (χ0n) is 12.8. The highest BCUT2D eigenvalue weighted by Gasteiger charge is 2.08. The first-order valence-corrected chi connectivity index (χ1v) is 7.58. The van der Waals surface area contributed by atoms with E-state index in [9.17, 15) is 0 Å². The van der Waals surface area contributed by atoms with Gasteiger partial charge in [-0.1, -0.05) is 48.5 Å². The Morgan fingerprint density at radius 2 is 1.36 bits per heavy atom. The molecular weight excluding hydrogens is 266 g/mol. The number of benzene rings is 3. The summed E-state index contributed by atoms with van der Waals surface area (Å²) in [7, 11) is 0. The van der Waals surface area contributed by atoms with E-state index in [1.54, 1.807) is 0 Å². The van der Waals surface area contributed by atoms with E-state index in [4.69, 9.17) is 4.98 Å². The summed E-state index contributed by atoms with van der Waals surface area (Å²) < 4.78 is 0. The summed E-state index contributed by atoms with van der Waals surface area (Å²) in [6.45, 7) is 4.23. The fourth-order valence-electron chi connectivity index (χ4n) is 3.11. The van der Waals surface area contributed by atoms with Gasteiger partial charge in [0.05, 0.1) is 5.69 Å². The second-order valence-electron chi connectivity index (χ2n) is 5.83. The van der Waals surface area contributed by atoms with Gasteiger partial charge in [0.15, 0.2) is 0 Å². The third-order valence-electron chi connectivity index (χ3n) is 4.31. The molecule has 0 bridgehead atoms. The summed E-state index contributed by atoms with van der Waals surface area (Å²) in [5.74, 6) is 0. The van der Waals surface area contributed by atoms with Gasteiger partial charge in [0.2, 0.25) is 0 Å². The first-order chi connectivity index (χ1) is 10.7. The molecule has 0 radical (unpaired) electrons. The maximum absolute atomic E-state index is 4.84. The lowest BCUT2D eigenvalue weighted by molar-refractivity contribution is 1.23. The molecule has 1 aromatic heterocycles. The van der Waals surface area contributed by atoms with Crippen molar-refractivity contribution in [2.45, 2.75) is 13.8 Å². The van der Waals surface area contributed by atoms with E-state index in [0.717, 1.165) is 11.4 Å². The minimum absolute atomic E-state index is 1.05. The third-order valence-corrected chi connectivity index (χ3v) is 4.31. The largest absolute Gasteiger partial charge is 0.252 e. The van der Waals surface area contributed by atoms with E-state index < -0.39 is 0 Å². The van der Waals surface area contributed by atoms with Crippen molar-refractivity contribution < 1.29 is 0 Å². The predicted molar refractivity (Wildman–Crippen MR) is 94.2 cm³/mol. The molecule has 22 heavy (non-hydrogen) atoms. The average Bonchev–Trinajstić information content (AvgIpc) is 2.53. The fourth-order valence-corrected chi connectivity index (χ4v) is 3.11. The topological polar surface area (TPSA) is 12.9 Å². The molecule has 0 saturated heterocycles. The molecule has 4 aromatic rings. The quantitative estimate of drug-likeness (QED) is 0.410. The molecule has 1 heterocycles. The van der Waals surface area contributed by atoms with Crippen LogP contribution in [0.2, 0.25) is 0 Å². The van der Waals surface area contributed by atoms with Crippen molar-refractivity contribution in [2.24, 2.45) is 0 Å². The molecule has 0 aliphatic heterocycles. The molecule has 0 saturated carbocycles. The molecule has 0 spiro atoms. The lowest BCUT2D eigenvalue weighted by Gasteiger charge is -2.10. The average molecular weight is 283 g/mol. The monoisotopic (exact) mass is 283 g/mol. The van der Waals surface area contributed by atoms with E-state index in [2.05, 4.69) is 80.6 Å². The third kappa shape index (κ3) is 2.06. The molecule has 0 amide bonds. The lowest BCUT2D eigenvalue weighted by Crippen LogP contribution is -1.91. The Balaban J connectivity index is 2.03. The summed E-state index contributed by atoms with van der Waals surface area (Å²) in [6.07, 6.45) is 0. The zero-order chi connectivity index (χ0) is 15.1. The number of fused-ring (bicyclic) bond motifs is 2. The minimum Gasteiger partial charge on any atom is -0.252 e. The Labute approximate surface area is 130 Å². The maximum Gasteiger partial charge on any atom is 0.0714 e. The van der Waals surface area contributed by atoms with Crippen molar-refractivity contribution in [1.29, 1.82) is 0 Å². The molecule has 106 valence electrons. The Morgan fingerprint density at radius 3 is 2.14 bits per heavy atom.